The van der Waals surface area contributed by atoms with E-state index in [1.807, 2.05) is 26.4 Å². The van der Waals surface area contributed by atoms with Gasteiger partial charge < -0.3 is 5.32 Å². The molecule has 0 amide bonds. The van der Waals surface area contributed by atoms with Crippen molar-refractivity contribution in [3.05, 3.63) is 59.0 Å². The van der Waals surface area contributed by atoms with E-state index < -0.39 is 0 Å². The molecule has 0 bridgehead atoms. The van der Waals surface area contributed by atoms with Gasteiger partial charge in [0.05, 0.1) is 23.6 Å². The molecule has 1 aromatic carbocycles. The molecule has 0 spiro atoms. The summed E-state index contributed by atoms with van der Waals surface area (Å²) in [6, 6.07) is 8.74. The van der Waals surface area contributed by atoms with E-state index in [-0.39, 0.29) is 6.04 Å². The van der Waals surface area contributed by atoms with Gasteiger partial charge in [-0.1, -0.05) is 18.2 Å². The average Bonchev–Trinajstić information content (AvgIpc) is 2.89. The molecular formula is C16H17N3S. The second-order valence-electron chi connectivity index (χ2n) is 4.89. The highest BCUT2D eigenvalue weighted by molar-refractivity contribution is 7.17. The molecule has 0 saturated carbocycles. The molecule has 0 aliphatic carbocycles. The van der Waals surface area contributed by atoms with Crippen LogP contribution < -0.4 is 5.32 Å². The maximum absolute atomic E-state index is 4.49. The molecule has 3 rings (SSSR count). The number of hydrogen-bond acceptors (Lipinski definition) is 4. The highest BCUT2D eigenvalue weighted by atomic mass is 32.1. The van der Waals surface area contributed by atoms with Gasteiger partial charge in [0.25, 0.3) is 0 Å². The van der Waals surface area contributed by atoms with Gasteiger partial charge in [-0.05, 0) is 42.8 Å². The van der Waals surface area contributed by atoms with Crippen molar-refractivity contribution in [3.63, 3.8) is 0 Å². The highest BCUT2D eigenvalue weighted by Gasteiger charge is 2.14. The fourth-order valence-electron chi connectivity index (χ4n) is 2.35. The molecule has 2 heterocycles. The first-order valence-corrected chi connectivity index (χ1v) is 7.57. The van der Waals surface area contributed by atoms with E-state index in [9.17, 15) is 0 Å². The van der Waals surface area contributed by atoms with E-state index in [2.05, 4.69) is 44.9 Å². The van der Waals surface area contributed by atoms with Crippen LogP contribution in [-0.2, 0) is 6.42 Å². The van der Waals surface area contributed by atoms with Crippen molar-refractivity contribution in [2.75, 3.05) is 7.05 Å². The van der Waals surface area contributed by atoms with Crippen molar-refractivity contribution in [1.82, 2.24) is 15.3 Å². The van der Waals surface area contributed by atoms with Gasteiger partial charge in [-0.2, -0.15) is 0 Å². The van der Waals surface area contributed by atoms with Gasteiger partial charge in [-0.15, -0.1) is 11.3 Å². The van der Waals surface area contributed by atoms with Crippen LogP contribution in [0.4, 0.5) is 0 Å². The summed E-state index contributed by atoms with van der Waals surface area (Å²) >= 11 is 1.80. The lowest BCUT2D eigenvalue weighted by Gasteiger charge is -2.15. The molecular weight excluding hydrogens is 266 g/mol. The summed E-state index contributed by atoms with van der Waals surface area (Å²) in [6.45, 7) is 1.96. The van der Waals surface area contributed by atoms with Crippen molar-refractivity contribution in [2.24, 2.45) is 0 Å². The van der Waals surface area contributed by atoms with Gasteiger partial charge in [-0.25, -0.2) is 0 Å². The van der Waals surface area contributed by atoms with Gasteiger partial charge in [-0.3, -0.25) is 9.97 Å². The zero-order valence-corrected chi connectivity index (χ0v) is 12.4. The minimum atomic E-state index is 0.195. The predicted molar refractivity (Wildman–Crippen MR) is 84.1 cm³/mol. The van der Waals surface area contributed by atoms with Crippen LogP contribution in [0.15, 0.2) is 42.0 Å². The Labute approximate surface area is 122 Å². The van der Waals surface area contributed by atoms with Gasteiger partial charge in [0, 0.05) is 10.9 Å². The number of likely N-dealkylation sites (N-methyl/N-ethyl adjacent to an activating group) is 1. The molecule has 4 heteroatoms. The van der Waals surface area contributed by atoms with Gasteiger partial charge in [0.15, 0.2) is 0 Å². The van der Waals surface area contributed by atoms with E-state index in [0.29, 0.717) is 0 Å². The van der Waals surface area contributed by atoms with Crippen LogP contribution >= 0.6 is 11.3 Å². The SMILES string of the molecule is CNC(Cc1csc2ccccc12)c1cnc(C)cn1. The Morgan fingerprint density at radius 3 is 2.80 bits per heavy atom. The maximum Gasteiger partial charge on any atom is 0.0759 e. The average molecular weight is 283 g/mol. The fourth-order valence-corrected chi connectivity index (χ4v) is 3.32. The predicted octanol–water partition coefficient (Wildman–Crippen LogP) is 3.50. The van der Waals surface area contributed by atoms with Crippen molar-refractivity contribution >= 4 is 21.4 Å². The summed E-state index contributed by atoms with van der Waals surface area (Å²) in [5.74, 6) is 0. The van der Waals surface area contributed by atoms with Crippen LogP contribution in [-0.4, -0.2) is 17.0 Å². The van der Waals surface area contributed by atoms with Crippen molar-refractivity contribution in [3.8, 4) is 0 Å². The Morgan fingerprint density at radius 1 is 1.20 bits per heavy atom. The number of aryl methyl sites for hydroxylation is 1. The van der Waals surface area contributed by atoms with Crippen LogP contribution in [0.5, 0.6) is 0 Å². The lowest BCUT2D eigenvalue weighted by Crippen LogP contribution is -2.20. The Kier molecular flexibility index (Phi) is 3.76. The Balaban J connectivity index is 1.89. The molecule has 0 fully saturated rings. The zero-order valence-electron chi connectivity index (χ0n) is 11.6. The normalized spacial score (nSPS) is 12.7. The molecule has 1 N–H and O–H groups in total. The van der Waals surface area contributed by atoms with E-state index in [0.717, 1.165) is 17.8 Å². The van der Waals surface area contributed by atoms with Crippen LogP contribution in [0.2, 0.25) is 0 Å². The van der Waals surface area contributed by atoms with Crippen LogP contribution in [0.25, 0.3) is 10.1 Å². The lowest BCUT2D eigenvalue weighted by atomic mass is 10.0. The molecule has 0 aliphatic rings. The molecule has 20 heavy (non-hydrogen) atoms. The van der Waals surface area contributed by atoms with Gasteiger partial charge in [0.2, 0.25) is 0 Å². The first-order valence-electron chi connectivity index (χ1n) is 6.69. The molecule has 1 atom stereocenters. The van der Waals surface area contributed by atoms with Crippen molar-refractivity contribution in [2.45, 2.75) is 19.4 Å². The first-order chi connectivity index (χ1) is 9.78. The molecule has 3 aromatic rings. The molecule has 1 unspecified atom stereocenters. The Bertz CT molecular complexity index is 703. The molecule has 0 saturated heterocycles. The quantitative estimate of drug-likeness (QED) is 0.796. The number of aromatic nitrogens is 2. The summed E-state index contributed by atoms with van der Waals surface area (Å²) in [5.41, 5.74) is 3.31. The minimum Gasteiger partial charge on any atom is -0.311 e. The van der Waals surface area contributed by atoms with Gasteiger partial charge in [0.1, 0.15) is 0 Å². The maximum atomic E-state index is 4.49. The van der Waals surface area contributed by atoms with E-state index in [1.54, 1.807) is 11.3 Å². The summed E-state index contributed by atoms with van der Waals surface area (Å²) in [5, 5.41) is 6.93. The largest absolute Gasteiger partial charge is 0.311 e. The minimum absolute atomic E-state index is 0.195. The second-order valence-corrected chi connectivity index (χ2v) is 5.80. The Morgan fingerprint density at radius 2 is 2.05 bits per heavy atom. The monoisotopic (exact) mass is 283 g/mol. The molecule has 3 nitrogen and oxygen atoms in total. The van der Waals surface area contributed by atoms with E-state index in [4.69, 9.17) is 0 Å². The van der Waals surface area contributed by atoms with Crippen LogP contribution in [0.1, 0.15) is 23.0 Å². The Hall–Kier alpha value is -1.78. The summed E-state index contributed by atoms with van der Waals surface area (Å²) in [6.07, 6.45) is 4.62. The van der Waals surface area contributed by atoms with Gasteiger partial charge >= 0.3 is 0 Å². The van der Waals surface area contributed by atoms with Crippen molar-refractivity contribution < 1.29 is 0 Å². The zero-order chi connectivity index (χ0) is 13.9. The standard InChI is InChI=1S/C16H17N3S/c1-11-8-19-15(9-18-11)14(17-2)7-12-10-20-16-6-4-3-5-13(12)16/h3-6,8-10,14,17H,7H2,1-2H3. The van der Waals surface area contributed by atoms with E-state index >= 15 is 0 Å². The smallest absolute Gasteiger partial charge is 0.0759 e. The number of thiophene rings is 1. The number of nitrogens with one attached hydrogen (secondary N) is 1. The number of nitrogens with zero attached hydrogens (tertiary/aromatic N) is 2. The summed E-state index contributed by atoms with van der Waals surface area (Å²) in [4.78, 5) is 8.83. The molecule has 0 aliphatic heterocycles. The third-order valence-corrected chi connectivity index (χ3v) is 4.50. The highest BCUT2D eigenvalue weighted by Crippen LogP contribution is 2.28. The first kappa shape index (κ1) is 13.2. The second kappa shape index (κ2) is 5.69. The van der Waals surface area contributed by atoms with E-state index in [1.165, 1.54) is 15.6 Å². The third-order valence-electron chi connectivity index (χ3n) is 3.49. The number of benzene rings is 1. The number of hydrogen-bond donors (Lipinski definition) is 1. The van der Waals surface area contributed by atoms with Crippen molar-refractivity contribution in [1.29, 1.82) is 0 Å². The van der Waals surface area contributed by atoms with Crippen LogP contribution in [0, 0.1) is 6.92 Å². The van der Waals surface area contributed by atoms with Crippen LogP contribution in [0.3, 0.4) is 0 Å². The molecule has 102 valence electrons. The fraction of sp³-hybridized carbons (Fsp3) is 0.250. The lowest BCUT2D eigenvalue weighted by molar-refractivity contribution is 0.575. The number of fused-ring (bicyclic) bond motifs is 1. The third kappa shape index (κ3) is 2.57. The summed E-state index contributed by atoms with van der Waals surface area (Å²) < 4.78 is 1.34. The topological polar surface area (TPSA) is 37.8 Å². The molecule has 0 radical (unpaired) electrons. The summed E-state index contributed by atoms with van der Waals surface area (Å²) in [7, 11) is 1.97. The molecule has 2 aromatic heterocycles. The number of rotatable bonds is 4.